The number of aromatic nitrogens is 1. The van der Waals surface area contributed by atoms with Crippen molar-refractivity contribution in [3.63, 3.8) is 0 Å². The largest absolute Gasteiger partial charge is 0.387 e. The van der Waals surface area contributed by atoms with E-state index in [1.165, 1.54) is 0 Å². The molecule has 1 aliphatic rings. The number of hydrogen-bond acceptors (Lipinski definition) is 4. The third kappa shape index (κ3) is 3.77. The van der Waals surface area contributed by atoms with E-state index in [9.17, 15) is 9.90 Å². The molecule has 0 bridgehead atoms. The number of carbonyl (C=O) groups is 1. The van der Waals surface area contributed by atoms with E-state index >= 15 is 0 Å². The van der Waals surface area contributed by atoms with Crippen molar-refractivity contribution in [2.45, 2.75) is 12.0 Å². The van der Waals surface area contributed by atoms with Gasteiger partial charge < -0.3 is 14.9 Å². The topological polar surface area (TPSA) is 56.7 Å². The summed E-state index contributed by atoms with van der Waals surface area (Å²) in [5.74, 6) is -0.0241. The van der Waals surface area contributed by atoms with Gasteiger partial charge in [-0.15, -0.1) is 0 Å². The molecule has 0 spiro atoms. The quantitative estimate of drug-likeness (QED) is 0.762. The molecule has 5 nitrogen and oxygen atoms in total. The molecule has 4 rings (SSSR count). The molecule has 1 atom stereocenters. The molecule has 0 unspecified atom stereocenters. The molecule has 1 amide bonds. The van der Waals surface area contributed by atoms with Crippen LogP contribution in [0.25, 0.3) is 22.0 Å². The lowest BCUT2D eigenvalue weighted by Gasteiger charge is -2.26. The van der Waals surface area contributed by atoms with Gasteiger partial charge in [0.15, 0.2) is 0 Å². The zero-order valence-electron chi connectivity index (χ0n) is 16.3. The van der Waals surface area contributed by atoms with E-state index < -0.39 is 5.60 Å². The molecule has 1 aromatic heterocycles. The number of benzene rings is 2. The second-order valence-electron chi connectivity index (χ2n) is 7.93. The summed E-state index contributed by atoms with van der Waals surface area (Å²) in [6, 6.07) is 17.9. The van der Waals surface area contributed by atoms with Crippen molar-refractivity contribution in [1.82, 2.24) is 14.8 Å². The van der Waals surface area contributed by atoms with Gasteiger partial charge in [0.1, 0.15) is 0 Å². The summed E-state index contributed by atoms with van der Waals surface area (Å²) < 4.78 is 0. The first-order chi connectivity index (χ1) is 13.4. The molecule has 1 aliphatic heterocycles. The standard InChI is InChI=1S/C23H25N3O2/c1-25(2)15-23(28)11-13-26(16-23)22(27)18-7-5-17(6-8-18)19-9-10-21-20(14-19)4-3-12-24-21/h3-10,12,14,28H,11,13,15-16H2,1-2H3/t23-/m0/s1. The predicted octanol–water partition coefficient (Wildman–Crippen LogP) is 3.04. The summed E-state index contributed by atoms with van der Waals surface area (Å²) >= 11 is 0. The fourth-order valence-corrected chi connectivity index (χ4v) is 3.99. The molecule has 2 heterocycles. The van der Waals surface area contributed by atoms with Crippen LogP contribution < -0.4 is 0 Å². The van der Waals surface area contributed by atoms with Crippen LogP contribution in [0.5, 0.6) is 0 Å². The second kappa shape index (κ2) is 7.34. The zero-order chi connectivity index (χ0) is 19.7. The maximum absolute atomic E-state index is 12.8. The Kier molecular flexibility index (Phi) is 4.87. The Balaban J connectivity index is 1.50. The number of nitrogens with zero attached hydrogens (tertiary/aromatic N) is 3. The number of likely N-dealkylation sites (N-methyl/N-ethyl adjacent to an activating group) is 1. The molecule has 3 aromatic rings. The molecule has 1 saturated heterocycles. The number of likely N-dealkylation sites (tertiary alicyclic amines) is 1. The first kappa shape index (κ1) is 18.6. The monoisotopic (exact) mass is 375 g/mol. The smallest absolute Gasteiger partial charge is 0.253 e. The van der Waals surface area contributed by atoms with Crippen LogP contribution in [0, 0.1) is 0 Å². The van der Waals surface area contributed by atoms with Crippen LogP contribution in [0.3, 0.4) is 0 Å². The number of pyridine rings is 1. The fourth-order valence-electron chi connectivity index (χ4n) is 3.99. The highest BCUT2D eigenvalue weighted by Crippen LogP contribution is 2.26. The van der Waals surface area contributed by atoms with E-state index in [1.54, 1.807) is 11.1 Å². The number of amides is 1. The second-order valence-corrected chi connectivity index (χ2v) is 7.93. The molecule has 5 heteroatoms. The number of rotatable bonds is 4. The van der Waals surface area contributed by atoms with E-state index in [1.807, 2.05) is 67.5 Å². The molecule has 1 N–H and O–H groups in total. The van der Waals surface area contributed by atoms with E-state index in [0.717, 1.165) is 22.0 Å². The van der Waals surface area contributed by atoms with Crippen molar-refractivity contribution in [3.8, 4) is 11.1 Å². The summed E-state index contributed by atoms with van der Waals surface area (Å²) in [5.41, 5.74) is 2.96. The Morgan fingerprint density at radius 2 is 1.89 bits per heavy atom. The maximum atomic E-state index is 12.8. The fraction of sp³-hybridized carbons (Fsp3) is 0.304. The Bertz CT molecular complexity index is 1000. The minimum absolute atomic E-state index is 0.0241. The van der Waals surface area contributed by atoms with E-state index in [2.05, 4.69) is 11.1 Å². The van der Waals surface area contributed by atoms with Crippen LogP contribution in [0.15, 0.2) is 60.8 Å². The van der Waals surface area contributed by atoms with Gasteiger partial charge in [0, 0.05) is 30.2 Å². The SMILES string of the molecule is CN(C)C[C@@]1(O)CCN(C(=O)c2ccc(-c3ccc4ncccc4c3)cc2)C1. The van der Waals surface area contributed by atoms with Crippen molar-refractivity contribution >= 4 is 16.8 Å². The van der Waals surface area contributed by atoms with Crippen LogP contribution >= 0.6 is 0 Å². The molecule has 28 heavy (non-hydrogen) atoms. The van der Waals surface area contributed by atoms with E-state index in [-0.39, 0.29) is 5.91 Å². The molecule has 0 saturated carbocycles. The number of fused-ring (bicyclic) bond motifs is 1. The number of carbonyl (C=O) groups excluding carboxylic acids is 1. The molecule has 0 aliphatic carbocycles. The van der Waals surface area contributed by atoms with Crippen molar-refractivity contribution in [3.05, 3.63) is 66.4 Å². The molecular weight excluding hydrogens is 350 g/mol. The Morgan fingerprint density at radius 1 is 1.14 bits per heavy atom. The van der Waals surface area contributed by atoms with Gasteiger partial charge in [-0.3, -0.25) is 9.78 Å². The lowest BCUT2D eigenvalue weighted by atomic mass is 10.0. The maximum Gasteiger partial charge on any atom is 0.253 e. The third-order valence-electron chi connectivity index (χ3n) is 5.30. The minimum atomic E-state index is -0.821. The summed E-state index contributed by atoms with van der Waals surface area (Å²) in [6.07, 6.45) is 2.40. The van der Waals surface area contributed by atoms with Crippen molar-refractivity contribution in [2.24, 2.45) is 0 Å². The van der Waals surface area contributed by atoms with Gasteiger partial charge in [0.2, 0.25) is 0 Å². The van der Waals surface area contributed by atoms with Gasteiger partial charge in [0.25, 0.3) is 5.91 Å². The molecular formula is C23H25N3O2. The highest BCUT2D eigenvalue weighted by atomic mass is 16.3. The number of β-amino-alcohol motifs (C(OH)–C–C–N with tert-alkyl or cyclic N) is 1. The van der Waals surface area contributed by atoms with E-state index in [0.29, 0.717) is 31.6 Å². The Labute approximate surface area is 165 Å². The summed E-state index contributed by atoms with van der Waals surface area (Å²) in [6.45, 7) is 1.53. The highest BCUT2D eigenvalue weighted by molar-refractivity contribution is 5.95. The van der Waals surface area contributed by atoms with Crippen LogP contribution in [0.4, 0.5) is 0 Å². The van der Waals surface area contributed by atoms with Crippen LogP contribution in [-0.2, 0) is 0 Å². The van der Waals surface area contributed by atoms with Gasteiger partial charge in [-0.25, -0.2) is 0 Å². The predicted molar refractivity (Wildman–Crippen MR) is 111 cm³/mol. The summed E-state index contributed by atoms with van der Waals surface area (Å²) in [4.78, 5) is 20.9. The molecule has 1 fully saturated rings. The van der Waals surface area contributed by atoms with Gasteiger partial charge in [-0.1, -0.05) is 24.3 Å². The normalized spacial score (nSPS) is 19.5. The van der Waals surface area contributed by atoms with Crippen molar-refractivity contribution in [2.75, 3.05) is 33.7 Å². The zero-order valence-corrected chi connectivity index (χ0v) is 16.3. The highest BCUT2D eigenvalue weighted by Gasteiger charge is 2.38. The number of hydrogen-bond donors (Lipinski definition) is 1. The van der Waals surface area contributed by atoms with Gasteiger partial charge in [-0.2, -0.15) is 0 Å². The molecule has 144 valence electrons. The molecule has 0 radical (unpaired) electrons. The Hall–Kier alpha value is -2.76. The van der Waals surface area contributed by atoms with Crippen LogP contribution in [0.2, 0.25) is 0 Å². The van der Waals surface area contributed by atoms with Crippen molar-refractivity contribution in [1.29, 1.82) is 0 Å². The molecule has 2 aromatic carbocycles. The third-order valence-corrected chi connectivity index (χ3v) is 5.30. The lowest BCUT2D eigenvalue weighted by molar-refractivity contribution is 0.0236. The van der Waals surface area contributed by atoms with Crippen LogP contribution in [0.1, 0.15) is 16.8 Å². The average molecular weight is 375 g/mol. The summed E-state index contributed by atoms with van der Waals surface area (Å²) in [5, 5.41) is 11.8. The number of aliphatic hydroxyl groups is 1. The van der Waals surface area contributed by atoms with Gasteiger partial charge in [-0.05, 0) is 62.0 Å². The lowest BCUT2D eigenvalue weighted by Crippen LogP contribution is -2.43. The Morgan fingerprint density at radius 3 is 2.64 bits per heavy atom. The van der Waals surface area contributed by atoms with Gasteiger partial charge >= 0.3 is 0 Å². The average Bonchev–Trinajstić information content (AvgIpc) is 3.08. The van der Waals surface area contributed by atoms with Crippen molar-refractivity contribution < 1.29 is 9.90 Å². The first-order valence-corrected chi connectivity index (χ1v) is 9.55. The van der Waals surface area contributed by atoms with Crippen LogP contribution in [-0.4, -0.2) is 65.1 Å². The minimum Gasteiger partial charge on any atom is -0.387 e. The van der Waals surface area contributed by atoms with E-state index in [4.69, 9.17) is 0 Å². The first-order valence-electron chi connectivity index (χ1n) is 9.55. The summed E-state index contributed by atoms with van der Waals surface area (Å²) in [7, 11) is 3.87. The van der Waals surface area contributed by atoms with Gasteiger partial charge in [0.05, 0.1) is 17.7 Å².